The van der Waals surface area contributed by atoms with E-state index >= 15 is 0 Å². The molecule has 0 saturated heterocycles. The Hall–Kier alpha value is -1.03. The predicted octanol–water partition coefficient (Wildman–Crippen LogP) is 4.51. The number of halogens is 1. The quantitative estimate of drug-likeness (QED) is 0.875. The summed E-state index contributed by atoms with van der Waals surface area (Å²) in [5.74, 6) is -0.0985. The van der Waals surface area contributed by atoms with E-state index in [0.717, 1.165) is 15.6 Å². The first-order chi connectivity index (χ1) is 8.99. The summed E-state index contributed by atoms with van der Waals surface area (Å²) in [6, 6.07) is 4.10. The Kier molecular flexibility index (Phi) is 4.90. The third kappa shape index (κ3) is 3.75. The number of aliphatic carboxylic acids is 1. The van der Waals surface area contributed by atoms with Crippen molar-refractivity contribution in [3.05, 3.63) is 27.7 Å². The van der Waals surface area contributed by atoms with Gasteiger partial charge in [-0.1, -0.05) is 40.7 Å². The van der Waals surface area contributed by atoms with E-state index < -0.39 is 11.4 Å². The van der Waals surface area contributed by atoms with Crippen LogP contribution in [0.1, 0.15) is 52.2 Å². The van der Waals surface area contributed by atoms with Gasteiger partial charge in [-0.25, -0.2) is 0 Å². The van der Waals surface area contributed by atoms with Gasteiger partial charge in [-0.2, -0.15) is 0 Å². The molecule has 1 rings (SSSR count). The average Bonchev–Trinajstić information content (AvgIpc) is 2.24. The summed E-state index contributed by atoms with van der Waals surface area (Å²) in [7, 11) is 1.61. The number of benzene rings is 1. The molecule has 0 aliphatic heterocycles. The number of methoxy groups -OCH3 is 1. The lowest BCUT2D eigenvalue weighted by atomic mass is 9.77. The largest absolute Gasteiger partial charge is 0.495 e. The molecule has 0 radical (unpaired) electrons. The molecule has 0 aromatic heterocycles. The normalized spacial score (nSPS) is 12.3. The van der Waals surface area contributed by atoms with Crippen LogP contribution in [0.2, 0.25) is 0 Å². The monoisotopic (exact) mass is 342 g/mol. The first kappa shape index (κ1) is 17.0. The van der Waals surface area contributed by atoms with Gasteiger partial charge in [-0.15, -0.1) is 0 Å². The van der Waals surface area contributed by atoms with E-state index in [-0.39, 0.29) is 11.8 Å². The predicted molar refractivity (Wildman–Crippen MR) is 84.7 cm³/mol. The summed E-state index contributed by atoms with van der Waals surface area (Å²) in [6.45, 7) is 10.3. The minimum absolute atomic E-state index is 0.0111. The van der Waals surface area contributed by atoms with Crippen molar-refractivity contribution < 1.29 is 14.6 Å². The van der Waals surface area contributed by atoms with Crippen molar-refractivity contribution in [3.8, 4) is 5.75 Å². The zero-order valence-corrected chi connectivity index (χ0v) is 14.6. The van der Waals surface area contributed by atoms with Crippen LogP contribution >= 0.6 is 15.9 Å². The van der Waals surface area contributed by atoms with Gasteiger partial charge in [-0.3, -0.25) is 4.79 Å². The van der Waals surface area contributed by atoms with E-state index in [0.29, 0.717) is 5.75 Å². The van der Waals surface area contributed by atoms with Crippen molar-refractivity contribution in [3.63, 3.8) is 0 Å². The van der Waals surface area contributed by atoms with Crippen LogP contribution in [-0.2, 0) is 15.6 Å². The van der Waals surface area contributed by atoms with Gasteiger partial charge >= 0.3 is 5.97 Å². The zero-order valence-electron chi connectivity index (χ0n) is 13.0. The highest BCUT2D eigenvalue weighted by Crippen LogP contribution is 2.42. The van der Waals surface area contributed by atoms with Gasteiger partial charge in [0.2, 0.25) is 0 Å². The lowest BCUT2D eigenvalue weighted by molar-refractivity contribution is -0.138. The van der Waals surface area contributed by atoms with Crippen molar-refractivity contribution in [1.82, 2.24) is 0 Å². The molecule has 0 unspecified atom stereocenters. The Labute approximate surface area is 129 Å². The second kappa shape index (κ2) is 5.76. The van der Waals surface area contributed by atoms with Crippen LogP contribution in [0.25, 0.3) is 0 Å². The molecule has 112 valence electrons. The molecule has 1 aromatic rings. The molecule has 0 amide bonds. The van der Waals surface area contributed by atoms with Crippen molar-refractivity contribution in [2.24, 2.45) is 0 Å². The third-order valence-electron chi connectivity index (χ3n) is 3.44. The molecule has 4 heteroatoms. The fraction of sp³-hybridized carbons (Fsp3) is 0.562. The molecule has 0 aliphatic carbocycles. The molecule has 0 heterocycles. The number of hydrogen-bond acceptors (Lipinski definition) is 2. The maximum Gasteiger partial charge on any atom is 0.304 e. The SMILES string of the molecule is COc1c(Br)cc(C(C)(C)C)cc1C(C)(C)CC(=O)O. The van der Waals surface area contributed by atoms with Crippen molar-refractivity contribution >= 4 is 21.9 Å². The highest BCUT2D eigenvalue weighted by molar-refractivity contribution is 9.10. The van der Waals surface area contributed by atoms with Crippen LogP contribution in [0, 0.1) is 0 Å². The first-order valence-corrected chi connectivity index (χ1v) is 7.38. The molecule has 0 atom stereocenters. The summed E-state index contributed by atoms with van der Waals surface area (Å²) in [4.78, 5) is 11.1. The lowest BCUT2D eigenvalue weighted by Gasteiger charge is -2.29. The molecular formula is C16H23BrO3. The number of rotatable bonds is 4. The summed E-state index contributed by atoms with van der Waals surface area (Å²) in [5.41, 5.74) is 1.56. The van der Waals surface area contributed by atoms with Crippen LogP contribution < -0.4 is 4.74 Å². The maximum absolute atomic E-state index is 11.1. The highest BCUT2D eigenvalue weighted by Gasteiger charge is 2.30. The van der Waals surface area contributed by atoms with E-state index in [1.165, 1.54) is 0 Å². The van der Waals surface area contributed by atoms with Gasteiger partial charge in [0.15, 0.2) is 0 Å². The lowest BCUT2D eigenvalue weighted by Crippen LogP contribution is -2.24. The first-order valence-electron chi connectivity index (χ1n) is 6.59. The van der Waals surface area contributed by atoms with Gasteiger partial charge in [0, 0.05) is 11.0 Å². The van der Waals surface area contributed by atoms with E-state index in [1.54, 1.807) is 7.11 Å². The Morgan fingerprint density at radius 1 is 1.25 bits per heavy atom. The van der Waals surface area contributed by atoms with Crippen molar-refractivity contribution in [2.45, 2.75) is 51.9 Å². The Bertz CT molecular complexity index is 513. The molecule has 0 bridgehead atoms. The van der Waals surface area contributed by atoms with Crippen molar-refractivity contribution in [1.29, 1.82) is 0 Å². The van der Waals surface area contributed by atoms with Gasteiger partial charge < -0.3 is 9.84 Å². The van der Waals surface area contributed by atoms with Gasteiger partial charge in [0.05, 0.1) is 18.0 Å². The van der Waals surface area contributed by atoms with Crippen LogP contribution in [0.4, 0.5) is 0 Å². The summed E-state index contributed by atoms with van der Waals surface area (Å²) in [6.07, 6.45) is 0.0589. The van der Waals surface area contributed by atoms with Gasteiger partial charge in [0.25, 0.3) is 0 Å². The van der Waals surface area contributed by atoms with Crippen LogP contribution in [0.3, 0.4) is 0 Å². The second-order valence-corrected chi connectivity index (χ2v) is 7.60. The van der Waals surface area contributed by atoms with E-state index in [2.05, 4.69) is 42.8 Å². The molecular weight excluding hydrogens is 320 g/mol. The molecule has 0 spiro atoms. The molecule has 3 nitrogen and oxygen atoms in total. The Morgan fingerprint density at radius 3 is 2.20 bits per heavy atom. The van der Waals surface area contributed by atoms with E-state index in [1.807, 2.05) is 19.9 Å². The van der Waals surface area contributed by atoms with Gasteiger partial charge in [-0.05, 0) is 33.0 Å². The molecule has 0 fully saturated rings. The topological polar surface area (TPSA) is 46.5 Å². The Balaban J connectivity index is 3.50. The number of hydrogen-bond donors (Lipinski definition) is 1. The minimum atomic E-state index is -0.811. The Morgan fingerprint density at radius 2 is 1.80 bits per heavy atom. The molecule has 0 aliphatic rings. The van der Waals surface area contributed by atoms with Gasteiger partial charge in [0.1, 0.15) is 5.75 Å². The molecule has 1 aromatic carbocycles. The van der Waals surface area contributed by atoms with Crippen molar-refractivity contribution in [2.75, 3.05) is 7.11 Å². The third-order valence-corrected chi connectivity index (χ3v) is 4.03. The van der Waals surface area contributed by atoms with Crippen LogP contribution in [0.5, 0.6) is 5.75 Å². The standard InChI is InChI=1S/C16H23BrO3/c1-15(2,3)10-7-11(14(20-6)12(17)8-10)16(4,5)9-13(18)19/h7-8H,9H2,1-6H3,(H,18,19). The molecule has 1 N–H and O–H groups in total. The number of carbonyl (C=O) groups is 1. The average molecular weight is 343 g/mol. The molecule has 20 heavy (non-hydrogen) atoms. The highest BCUT2D eigenvalue weighted by atomic mass is 79.9. The number of carboxylic acids is 1. The van der Waals surface area contributed by atoms with E-state index in [4.69, 9.17) is 9.84 Å². The molecule has 0 saturated carbocycles. The summed E-state index contributed by atoms with van der Waals surface area (Å²) >= 11 is 3.54. The fourth-order valence-corrected chi connectivity index (χ4v) is 2.83. The summed E-state index contributed by atoms with van der Waals surface area (Å²) < 4.78 is 6.33. The zero-order chi connectivity index (χ0) is 15.7. The number of ether oxygens (including phenoxy) is 1. The van der Waals surface area contributed by atoms with Crippen LogP contribution in [0.15, 0.2) is 16.6 Å². The second-order valence-electron chi connectivity index (χ2n) is 6.74. The maximum atomic E-state index is 11.1. The minimum Gasteiger partial charge on any atom is -0.495 e. The smallest absolute Gasteiger partial charge is 0.304 e. The van der Waals surface area contributed by atoms with Crippen LogP contribution in [-0.4, -0.2) is 18.2 Å². The number of carboxylic acid groups (broad SMARTS) is 1. The summed E-state index contributed by atoms with van der Waals surface area (Å²) in [5, 5.41) is 9.12. The fourth-order valence-electron chi connectivity index (χ4n) is 2.21. The van der Waals surface area contributed by atoms with E-state index in [9.17, 15) is 4.79 Å².